The monoisotopic (exact) mass is 234 g/mol. The van der Waals surface area contributed by atoms with Gasteiger partial charge in [0.2, 0.25) is 0 Å². The van der Waals surface area contributed by atoms with Crippen LogP contribution in [-0.2, 0) is 6.61 Å². The second-order valence-corrected chi connectivity index (χ2v) is 3.71. The van der Waals surface area contributed by atoms with E-state index in [4.69, 9.17) is 21.4 Å². The summed E-state index contributed by atoms with van der Waals surface area (Å²) >= 11 is 5.98. The standard InChI is InChI=1S/C13H11ClO2/c14-11-6-2-4-8-13(11)16-12-7-3-1-5-10(12)9-15/h1-8,15H,9H2. The van der Waals surface area contributed by atoms with Crippen LogP contribution in [0.5, 0.6) is 11.5 Å². The Hall–Kier alpha value is -1.51. The van der Waals surface area contributed by atoms with Crippen molar-refractivity contribution in [2.75, 3.05) is 0 Å². The zero-order valence-electron chi connectivity index (χ0n) is 8.56. The molecule has 0 fully saturated rings. The number of aliphatic hydroxyl groups is 1. The van der Waals surface area contributed by atoms with E-state index in [0.717, 1.165) is 5.56 Å². The van der Waals surface area contributed by atoms with Crippen LogP contribution in [0.15, 0.2) is 48.5 Å². The van der Waals surface area contributed by atoms with Crippen LogP contribution in [0.4, 0.5) is 0 Å². The van der Waals surface area contributed by atoms with Gasteiger partial charge in [0, 0.05) is 5.56 Å². The van der Waals surface area contributed by atoms with Crippen molar-refractivity contribution in [1.82, 2.24) is 0 Å². The molecule has 16 heavy (non-hydrogen) atoms. The quantitative estimate of drug-likeness (QED) is 0.879. The van der Waals surface area contributed by atoms with Gasteiger partial charge in [0.15, 0.2) is 0 Å². The van der Waals surface area contributed by atoms with Gasteiger partial charge in [0.05, 0.1) is 11.6 Å². The maximum absolute atomic E-state index is 9.15. The first kappa shape index (κ1) is 11.0. The first-order chi connectivity index (χ1) is 7.81. The minimum Gasteiger partial charge on any atom is -0.455 e. The summed E-state index contributed by atoms with van der Waals surface area (Å²) in [7, 11) is 0. The summed E-state index contributed by atoms with van der Waals surface area (Å²) in [6.07, 6.45) is 0. The summed E-state index contributed by atoms with van der Waals surface area (Å²) in [6, 6.07) is 14.6. The van der Waals surface area contributed by atoms with E-state index in [-0.39, 0.29) is 6.61 Å². The van der Waals surface area contributed by atoms with Crippen molar-refractivity contribution < 1.29 is 9.84 Å². The van der Waals surface area contributed by atoms with E-state index < -0.39 is 0 Å². The Balaban J connectivity index is 2.30. The van der Waals surface area contributed by atoms with E-state index in [1.807, 2.05) is 30.3 Å². The first-order valence-corrected chi connectivity index (χ1v) is 5.30. The lowest BCUT2D eigenvalue weighted by Gasteiger charge is -2.10. The van der Waals surface area contributed by atoms with Crippen molar-refractivity contribution in [1.29, 1.82) is 0 Å². The molecule has 2 nitrogen and oxygen atoms in total. The number of halogens is 1. The number of benzene rings is 2. The van der Waals surface area contributed by atoms with Crippen molar-refractivity contribution in [3.63, 3.8) is 0 Å². The first-order valence-electron chi connectivity index (χ1n) is 4.92. The van der Waals surface area contributed by atoms with Gasteiger partial charge in [-0.15, -0.1) is 0 Å². The molecule has 82 valence electrons. The smallest absolute Gasteiger partial charge is 0.146 e. The summed E-state index contributed by atoms with van der Waals surface area (Å²) < 4.78 is 5.64. The summed E-state index contributed by atoms with van der Waals surface area (Å²) in [6.45, 7) is -0.0549. The Bertz CT molecular complexity index is 483. The van der Waals surface area contributed by atoms with Crippen LogP contribution >= 0.6 is 11.6 Å². The molecule has 2 aromatic carbocycles. The molecule has 0 atom stereocenters. The average molecular weight is 235 g/mol. The predicted molar refractivity (Wildman–Crippen MR) is 63.9 cm³/mol. The molecule has 2 aromatic rings. The fourth-order valence-electron chi connectivity index (χ4n) is 1.38. The lowest BCUT2D eigenvalue weighted by molar-refractivity contribution is 0.276. The number of aliphatic hydroxyl groups excluding tert-OH is 1. The van der Waals surface area contributed by atoms with Crippen LogP contribution in [0.3, 0.4) is 0 Å². The van der Waals surface area contributed by atoms with Gasteiger partial charge in [0.1, 0.15) is 11.5 Å². The third kappa shape index (κ3) is 2.35. The third-order valence-electron chi connectivity index (χ3n) is 2.20. The Morgan fingerprint density at radius 3 is 2.25 bits per heavy atom. The summed E-state index contributed by atoms with van der Waals surface area (Å²) in [5.74, 6) is 1.21. The lowest BCUT2D eigenvalue weighted by atomic mass is 10.2. The van der Waals surface area contributed by atoms with Crippen LogP contribution in [0.2, 0.25) is 5.02 Å². The van der Waals surface area contributed by atoms with Gasteiger partial charge in [-0.1, -0.05) is 41.9 Å². The highest BCUT2D eigenvalue weighted by Crippen LogP contribution is 2.30. The molecular formula is C13H11ClO2. The van der Waals surface area contributed by atoms with Gasteiger partial charge in [-0.3, -0.25) is 0 Å². The molecule has 1 N–H and O–H groups in total. The summed E-state index contributed by atoms with van der Waals surface area (Å²) in [5.41, 5.74) is 0.738. The Kier molecular flexibility index (Phi) is 3.44. The van der Waals surface area contributed by atoms with Gasteiger partial charge in [-0.05, 0) is 18.2 Å². The van der Waals surface area contributed by atoms with E-state index in [1.165, 1.54) is 0 Å². The fraction of sp³-hybridized carbons (Fsp3) is 0.0769. The SMILES string of the molecule is OCc1ccccc1Oc1ccccc1Cl. The molecule has 0 amide bonds. The van der Waals surface area contributed by atoms with Crippen molar-refractivity contribution in [3.8, 4) is 11.5 Å². The van der Waals surface area contributed by atoms with Crippen molar-refractivity contribution in [2.45, 2.75) is 6.61 Å². The van der Waals surface area contributed by atoms with Gasteiger partial charge in [0.25, 0.3) is 0 Å². The van der Waals surface area contributed by atoms with E-state index in [0.29, 0.717) is 16.5 Å². The molecule has 0 saturated heterocycles. The Morgan fingerprint density at radius 2 is 1.56 bits per heavy atom. The van der Waals surface area contributed by atoms with E-state index in [2.05, 4.69) is 0 Å². The van der Waals surface area contributed by atoms with Crippen LogP contribution in [0, 0.1) is 0 Å². The van der Waals surface area contributed by atoms with Gasteiger partial charge in [-0.25, -0.2) is 0 Å². The Morgan fingerprint density at radius 1 is 0.938 bits per heavy atom. The zero-order valence-corrected chi connectivity index (χ0v) is 9.32. The average Bonchev–Trinajstić information content (AvgIpc) is 2.33. The van der Waals surface area contributed by atoms with Crippen LogP contribution in [0.1, 0.15) is 5.56 Å². The van der Waals surface area contributed by atoms with E-state index in [9.17, 15) is 0 Å². The van der Waals surface area contributed by atoms with Crippen molar-refractivity contribution >= 4 is 11.6 Å². The van der Waals surface area contributed by atoms with Crippen LogP contribution in [-0.4, -0.2) is 5.11 Å². The minimum atomic E-state index is -0.0549. The lowest BCUT2D eigenvalue weighted by Crippen LogP contribution is -1.91. The predicted octanol–water partition coefficient (Wildman–Crippen LogP) is 3.62. The van der Waals surface area contributed by atoms with E-state index >= 15 is 0 Å². The highest BCUT2D eigenvalue weighted by Gasteiger charge is 2.05. The summed E-state index contributed by atoms with van der Waals surface area (Å²) in [4.78, 5) is 0. The normalized spacial score (nSPS) is 10.1. The Labute approximate surface area is 99.1 Å². The topological polar surface area (TPSA) is 29.5 Å². The minimum absolute atomic E-state index is 0.0549. The molecule has 2 rings (SSSR count). The molecule has 0 unspecified atom stereocenters. The molecule has 0 heterocycles. The van der Waals surface area contributed by atoms with Crippen molar-refractivity contribution in [2.24, 2.45) is 0 Å². The molecule has 3 heteroatoms. The number of ether oxygens (including phenoxy) is 1. The third-order valence-corrected chi connectivity index (χ3v) is 2.51. The van der Waals surface area contributed by atoms with Crippen LogP contribution in [0.25, 0.3) is 0 Å². The molecule has 0 saturated carbocycles. The van der Waals surface area contributed by atoms with E-state index in [1.54, 1.807) is 18.2 Å². The molecule has 0 aliphatic carbocycles. The van der Waals surface area contributed by atoms with Gasteiger partial charge >= 0.3 is 0 Å². The second-order valence-electron chi connectivity index (χ2n) is 3.30. The number of hydrogen-bond donors (Lipinski definition) is 1. The molecule has 0 aliphatic heterocycles. The molecule has 0 aromatic heterocycles. The zero-order chi connectivity index (χ0) is 11.4. The summed E-state index contributed by atoms with van der Waals surface area (Å²) in [5, 5.41) is 9.70. The van der Waals surface area contributed by atoms with Crippen molar-refractivity contribution in [3.05, 3.63) is 59.1 Å². The molecule has 0 bridgehead atoms. The maximum Gasteiger partial charge on any atom is 0.146 e. The number of hydrogen-bond acceptors (Lipinski definition) is 2. The highest BCUT2D eigenvalue weighted by molar-refractivity contribution is 6.32. The maximum atomic E-state index is 9.15. The van der Waals surface area contributed by atoms with Gasteiger partial charge in [-0.2, -0.15) is 0 Å². The van der Waals surface area contributed by atoms with Crippen LogP contribution < -0.4 is 4.74 Å². The fourth-order valence-corrected chi connectivity index (χ4v) is 1.55. The molecular weight excluding hydrogens is 224 g/mol. The molecule has 0 aliphatic rings. The number of rotatable bonds is 3. The van der Waals surface area contributed by atoms with Gasteiger partial charge < -0.3 is 9.84 Å². The number of para-hydroxylation sites is 2. The molecule has 0 spiro atoms. The highest BCUT2D eigenvalue weighted by atomic mass is 35.5. The second kappa shape index (κ2) is 5.01. The molecule has 0 radical (unpaired) electrons. The largest absolute Gasteiger partial charge is 0.455 e.